The van der Waals surface area contributed by atoms with E-state index in [0.717, 1.165) is 12.0 Å². The molecule has 5 heteroatoms. The van der Waals surface area contributed by atoms with Gasteiger partial charge in [0.2, 0.25) is 0 Å². The smallest absolute Gasteiger partial charge is 0.190 e. The minimum absolute atomic E-state index is 0.315. The fourth-order valence-electron chi connectivity index (χ4n) is 3.23. The Kier molecular flexibility index (Phi) is 5.04. The number of ether oxygens (including phenoxy) is 4. The summed E-state index contributed by atoms with van der Waals surface area (Å²) >= 11 is 0. The monoisotopic (exact) mass is 322 g/mol. The van der Waals surface area contributed by atoms with E-state index in [1.165, 1.54) is 0 Å². The molecule has 1 N–H and O–H groups in total. The van der Waals surface area contributed by atoms with Gasteiger partial charge in [0.25, 0.3) is 0 Å². The molecule has 0 bridgehead atoms. The van der Waals surface area contributed by atoms with Crippen molar-refractivity contribution in [1.82, 2.24) is 0 Å². The Morgan fingerprint density at radius 3 is 2.65 bits per heavy atom. The number of hydrogen-bond acceptors (Lipinski definition) is 5. The average molecular weight is 322 g/mol. The fourth-order valence-corrected chi connectivity index (χ4v) is 3.23. The number of aliphatic hydroxyl groups excluding tert-OH is 1. The van der Waals surface area contributed by atoms with E-state index in [9.17, 15) is 5.11 Å². The molecule has 2 saturated heterocycles. The van der Waals surface area contributed by atoms with Gasteiger partial charge in [0, 0.05) is 0 Å². The maximum Gasteiger partial charge on any atom is 0.190 e. The van der Waals surface area contributed by atoms with E-state index in [1.807, 2.05) is 51.1 Å². The van der Waals surface area contributed by atoms with Crippen LogP contribution in [-0.2, 0) is 25.6 Å². The molecule has 2 fully saturated rings. The van der Waals surface area contributed by atoms with Crippen LogP contribution in [0, 0.1) is 0 Å². The second-order valence-electron chi connectivity index (χ2n) is 6.69. The lowest BCUT2D eigenvalue weighted by Gasteiger charge is -2.28. The van der Waals surface area contributed by atoms with Crippen LogP contribution in [0.5, 0.6) is 0 Å². The molecule has 3 rings (SSSR count). The van der Waals surface area contributed by atoms with Crippen LogP contribution < -0.4 is 0 Å². The van der Waals surface area contributed by atoms with Crippen molar-refractivity contribution in [3.63, 3.8) is 0 Å². The molecule has 5 nitrogen and oxygen atoms in total. The first-order valence-corrected chi connectivity index (χ1v) is 8.35. The Balaban J connectivity index is 1.71. The molecule has 2 aliphatic heterocycles. The maximum atomic E-state index is 10.4. The van der Waals surface area contributed by atoms with Gasteiger partial charge in [0.15, 0.2) is 12.1 Å². The highest BCUT2D eigenvalue weighted by atomic mass is 16.8. The molecule has 2 aliphatic rings. The van der Waals surface area contributed by atoms with Gasteiger partial charge < -0.3 is 24.1 Å². The Morgan fingerprint density at radius 2 is 1.96 bits per heavy atom. The van der Waals surface area contributed by atoms with Gasteiger partial charge in [-0.25, -0.2) is 0 Å². The zero-order valence-corrected chi connectivity index (χ0v) is 14.0. The molecule has 0 aromatic heterocycles. The molecule has 0 aliphatic carbocycles. The number of aliphatic hydroxyl groups is 1. The molecule has 2 heterocycles. The zero-order valence-electron chi connectivity index (χ0n) is 14.0. The molecule has 128 valence electrons. The minimum atomic E-state index is -0.690. The van der Waals surface area contributed by atoms with Crippen LogP contribution in [0.3, 0.4) is 0 Å². The number of fused-ring (bicyclic) bond motifs is 1. The third kappa shape index (κ3) is 3.75. The van der Waals surface area contributed by atoms with Crippen molar-refractivity contribution >= 4 is 0 Å². The largest absolute Gasteiger partial charge is 0.390 e. The van der Waals surface area contributed by atoms with Crippen LogP contribution in [-0.4, -0.2) is 41.6 Å². The molecule has 1 aromatic rings. The molecule has 0 spiro atoms. The molecule has 5 atom stereocenters. The van der Waals surface area contributed by atoms with Crippen LogP contribution in [0.4, 0.5) is 0 Å². The molecular formula is C18H26O5. The van der Waals surface area contributed by atoms with Gasteiger partial charge in [-0.3, -0.25) is 0 Å². The van der Waals surface area contributed by atoms with Gasteiger partial charge in [0.05, 0.1) is 12.7 Å². The number of hydrogen-bond donors (Lipinski definition) is 1. The normalized spacial score (nSPS) is 33.6. The predicted molar refractivity (Wildman–Crippen MR) is 84.6 cm³/mol. The van der Waals surface area contributed by atoms with Crippen molar-refractivity contribution in [3.05, 3.63) is 35.9 Å². The molecule has 0 radical (unpaired) electrons. The first-order valence-electron chi connectivity index (χ1n) is 8.35. The molecule has 0 saturated carbocycles. The van der Waals surface area contributed by atoms with Gasteiger partial charge >= 0.3 is 0 Å². The van der Waals surface area contributed by atoms with E-state index < -0.39 is 24.3 Å². The third-order valence-corrected chi connectivity index (χ3v) is 4.28. The lowest BCUT2D eigenvalue weighted by Crippen LogP contribution is -2.42. The van der Waals surface area contributed by atoms with E-state index >= 15 is 0 Å². The van der Waals surface area contributed by atoms with Crippen molar-refractivity contribution < 1.29 is 24.1 Å². The van der Waals surface area contributed by atoms with Crippen LogP contribution in [0.15, 0.2) is 30.3 Å². The predicted octanol–water partition coefficient (Wildman–Crippen LogP) is 2.61. The van der Waals surface area contributed by atoms with Crippen LogP contribution in [0.2, 0.25) is 0 Å². The number of rotatable bonds is 6. The highest BCUT2D eigenvalue weighted by molar-refractivity contribution is 5.13. The Labute approximate surface area is 137 Å². The summed E-state index contributed by atoms with van der Waals surface area (Å²) in [5.41, 5.74) is 1.08. The Morgan fingerprint density at radius 1 is 1.22 bits per heavy atom. The van der Waals surface area contributed by atoms with E-state index in [2.05, 4.69) is 0 Å². The van der Waals surface area contributed by atoms with Gasteiger partial charge in [-0.1, -0.05) is 43.7 Å². The Hall–Kier alpha value is -0.980. The molecule has 23 heavy (non-hydrogen) atoms. The molecule has 0 amide bonds. The summed E-state index contributed by atoms with van der Waals surface area (Å²) in [4.78, 5) is 0. The lowest BCUT2D eigenvalue weighted by molar-refractivity contribution is -0.230. The van der Waals surface area contributed by atoms with E-state index in [0.29, 0.717) is 13.0 Å². The maximum absolute atomic E-state index is 10.4. The summed E-state index contributed by atoms with van der Waals surface area (Å²) in [5.74, 6) is -0.690. The van der Waals surface area contributed by atoms with Crippen LogP contribution >= 0.6 is 0 Å². The van der Waals surface area contributed by atoms with E-state index in [1.54, 1.807) is 0 Å². The number of benzene rings is 1. The van der Waals surface area contributed by atoms with E-state index in [-0.39, 0.29) is 12.2 Å². The van der Waals surface area contributed by atoms with Crippen molar-refractivity contribution in [2.75, 3.05) is 0 Å². The van der Waals surface area contributed by atoms with Gasteiger partial charge in [-0.15, -0.1) is 0 Å². The second kappa shape index (κ2) is 6.87. The van der Waals surface area contributed by atoms with Crippen molar-refractivity contribution in [3.8, 4) is 0 Å². The van der Waals surface area contributed by atoms with Crippen molar-refractivity contribution in [2.24, 2.45) is 0 Å². The standard InChI is InChI=1S/C18H26O5/c1-4-8-13(19)14-15(20-11-12-9-6-5-7-10-12)16-17(21-14)23-18(2,3)22-16/h5-7,9-10,13-17,19H,4,8,11H2,1-3H3/t13-,14-,15+,16-,17-/m1/s1. The summed E-state index contributed by atoms with van der Waals surface area (Å²) < 4.78 is 23.7. The van der Waals surface area contributed by atoms with Gasteiger partial charge in [-0.2, -0.15) is 0 Å². The van der Waals surface area contributed by atoms with Crippen molar-refractivity contribution in [2.45, 2.75) is 76.7 Å². The van der Waals surface area contributed by atoms with Crippen molar-refractivity contribution in [1.29, 1.82) is 0 Å². The topological polar surface area (TPSA) is 57.2 Å². The highest BCUT2D eigenvalue weighted by Gasteiger charge is 2.56. The quantitative estimate of drug-likeness (QED) is 0.872. The molecular weight excluding hydrogens is 296 g/mol. The summed E-state index contributed by atoms with van der Waals surface area (Å²) in [6.45, 7) is 6.22. The minimum Gasteiger partial charge on any atom is -0.390 e. The van der Waals surface area contributed by atoms with Gasteiger partial charge in [0.1, 0.15) is 18.3 Å². The lowest BCUT2D eigenvalue weighted by atomic mass is 10.0. The first kappa shape index (κ1) is 16.9. The zero-order chi connectivity index (χ0) is 16.4. The highest BCUT2D eigenvalue weighted by Crippen LogP contribution is 2.40. The van der Waals surface area contributed by atoms with E-state index in [4.69, 9.17) is 18.9 Å². The average Bonchev–Trinajstić information content (AvgIpc) is 2.98. The molecule has 1 aromatic carbocycles. The first-order chi connectivity index (χ1) is 11.0. The SMILES string of the molecule is CCC[C@@H](O)[C@H]1O[C@@H]2OC(C)(C)O[C@@H]2[C@H]1OCc1ccccc1. The summed E-state index contributed by atoms with van der Waals surface area (Å²) in [6.07, 6.45) is -0.601. The summed E-state index contributed by atoms with van der Waals surface area (Å²) in [5, 5.41) is 10.4. The van der Waals surface area contributed by atoms with Crippen LogP contribution in [0.25, 0.3) is 0 Å². The van der Waals surface area contributed by atoms with Crippen LogP contribution in [0.1, 0.15) is 39.2 Å². The molecule has 0 unspecified atom stereocenters. The summed E-state index contributed by atoms with van der Waals surface area (Å²) in [6, 6.07) is 9.96. The third-order valence-electron chi connectivity index (χ3n) is 4.28. The van der Waals surface area contributed by atoms with Gasteiger partial charge in [-0.05, 0) is 25.8 Å². The summed E-state index contributed by atoms with van der Waals surface area (Å²) in [7, 11) is 0. The Bertz CT molecular complexity index is 503. The fraction of sp³-hybridized carbons (Fsp3) is 0.667. The second-order valence-corrected chi connectivity index (χ2v) is 6.69.